The van der Waals surface area contributed by atoms with Crippen molar-refractivity contribution in [1.82, 2.24) is 4.90 Å². The summed E-state index contributed by atoms with van der Waals surface area (Å²) in [6.07, 6.45) is -5.25. The molecule has 0 bridgehead atoms. The zero-order chi connectivity index (χ0) is 19.7. The minimum Gasteiger partial charge on any atom is -0.497 e. The largest absolute Gasteiger partial charge is 0.497 e. The van der Waals surface area contributed by atoms with E-state index in [0.717, 1.165) is 0 Å². The van der Waals surface area contributed by atoms with E-state index in [0.29, 0.717) is 16.2 Å². The SMILES string of the molecule is COc1ccc(NC2(C(F)(F)F)Cc3ccccc3C(=O)N2CCO)cc1. The second-order valence-electron chi connectivity index (χ2n) is 6.23. The minimum atomic E-state index is -4.79. The maximum absolute atomic E-state index is 14.3. The fraction of sp³-hybridized carbons (Fsp3) is 0.316. The Morgan fingerprint density at radius 1 is 1.19 bits per heavy atom. The van der Waals surface area contributed by atoms with Crippen molar-refractivity contribution in [2.75, 3.05) is 25.6 Å². The fourth-order valence-electron chi connectivity index (χ4n) is 3.31. The van der Waals surface area contributed by atoms with E-state index in [4.69, 9.17) is 4.74 Å². The number of aliphatic hydroxyl groups excluding tert-OH is 1. The summed E-state index contributed by atoms with van der Waals surface area (Å²) >= 11 is 0. The number of benzene rings is 2. The summed E-state index contributed by atoms with van der Waals surface area (Å²) in [5, 5.41) is 11.8. The summed E-state index contributed by atoms with van der Waals surface area (Å²) in [5.74, 6) is -0.275. The number of β-amino-alcohol motifs (C(OH)–C–C–N with tert-alkyl or cyclic N) is 1. The number of alkyl halides is 3. The first kappa shape index (κ1) is 19.0. The molecule has 8 heteroatoms. The van der Waals surface area contributed by atoms with E-state index in [1.54, 1.807) is 12.1 Å². The number of amides is 1. The van der Waals surface area contributed by atoms with Crippen molar-refractivity contribution in [3.8, 4) is 5.75 Å². The molecule has 0 aromatic heterocycles. The van der Waals surface area contributed by atoms with Gasteiger partial charge in [0.2, 0.25) is 5.66 Å². The minimum absolute atomic E-state index is 0.184. The first-order valence-electron chi connectivity index (χ1n) is 8.32. The van der Waals surface area contributed by atoms with Gasteiger partial charge in [-0.1, -0.05) is 18.2 Å². The quantitative estimate of drug-likeness (QED) is 0.837. The summed E-state index contributed by atoms with van der Waals surface area (Å²) in [6.45, 7) is -1.04. The van der Waals surface area contributed by atoms with Crippen LogP contribution in [0.15, 0.2) is 48.5 Å². The Balaban J connectivity index is 2.11. The molecule has 2 aromatic rings. The number of ether oxygens (including phenoxy) is 1. The highest BCUT2D eigenvalue weighted by molar-refractivity contribution is 5.98. The van der Waals surface area contributed by atoms with E-state index in [1.807, 2.05) is 0 Å². The number of rotatable bonds is 5. The number of carbonyl (C=O) groups is 1. The van der Waals surface area contributed by atoms with Crippen molar-refractivity contribution in [2.24, 2.45) is 0 Å². The highest BCUT2D eigenvalue weighted by Crippen LogP contribution is 2.43. The van der Waals surface area contributed by atoms with Crippen molar-refractivity contribution in [1.29, 1.82) is 0 Å². The van der Waals surface area contributed by atoms with E-state index >= 15 is 0 Å². The number of carbonyl (C=O) groups excluding carboxylic acids is 1. The van der Waals surface area contributed by atoms with E-state index in [1.165, 1.54) is 43.5 Å². The first-order valence-corrected chi connectivity index (χ1v) is 8.32. The van der Waals surface area contributed by atoms with Gasteiger partial charge in [-0.25, -0.2) is 0 Å². The molecule has 0 radical (unpaired) electrons. The first-order chi connectivity index (χ1) is 12.8. The Morgan fingerprint density at radius 2 is 1.85 bits per heavy atom. The third kappa shape index (κ3) is 3.32. The fourth-order valence-corrected chi connectivity index (χ4v) is 3.31. The van der Waals surface area contributed by atoms with E-state index < -0.39 is 37.3 Å². The second kappa shape index (κ2) is 7.11. The van der Waals surface area contributed by atoms with Crippen LogP contribution < -0.4 is 10.1 Å². The molecule has 0 saturated carbocycles. The maximum atomic E-state index is 14.3. The number of hydrogen-bond acceptors (Lipinski definition) is 4. The predicted molar refractivity (Wildman–Crippen MR) is 93.7 cm³/mol. The van der Waals surface area contributed by atoms with Crippen LogP contribution in [0.25, 0.3) is 0 Å². The normalized spacial score (nSPS) is 19.6. The van der Waals surface area contributed by atoms with Gasteiger partial charge in [0.1, 0.15) is 5.75 Å². The lowest BCUT2D eigenvalue weighted by Crippen LogP contribution is -2.69. The molecule has 0 spiro atoms. The van der Waals surface area contributed by atoms with Crippen molar-refractivity contribution < 1.29 is 27.8 Å². The number of hydrogen-bond donors (Lipinski definition) is 2. The van der Waals surface area contributed by atoms with Crippen LogP contribution in [0.3, 0.4) is 0 Å². The molecule has 1 amide bonds. The Morgan fingerprint density at radius 3 is 2.44 bits per heavy atom. The molecule has 0 aliphatic carbocycles. The van der Waals surface area contributed by atoms with Gasteiger partial charge in [0.15, 0.2) is 0 Å². The number of halogens is 3. The zero-order valence-electron chi connectivity index (χ0n) is 14.6. The highest BCUT2D eigenvalue weighted by Gasteiger charge is 2.62. The number of nitrogens with one attached hydrogen (secondary N) is 1. The predicted octanol–water partition coefficient (Wildman–Crippen LogP) is 3.06. The molecule has 2 aromatic carbocycles. The van der Waals surface area contributed by atoms with Gasteiger partial charge in [-0.2, -0.15) is 13.2 Å². The number of methoxy groups -OCH3 is 1. The lowest BCUT2D eigenvalue weighted by atomic mass is 9.87. The zero-order valence-corrected chi connectivity index (χ0v) is 14.6. The van der Waals surface area contributed by atoms with Gasteiger partial charge in [0, 0.05) is 24.2 Å². The number of nitrogens with zero attached hydrogens (tertiary/aromatic N) is 1. The summed E-state index contributed by atoms with van der Waals surface area (Å²) in [7, 11) is 1.46. The lowest BCUT2D eigenvalue weighted by Gasteiger charge is -2.48. The monoisotopic (exact) mass is 380 g/mol. The van der Waals surface area contributed by atoms with E-state index in [-0.39, 0.29) is 11.3 Å². The van der Waals surface area contributed by atoms with Crippen molar-refractivity contribution in [2.45, 2.75) is 18.3 Å². The third-order valence-corrected chi connectivity index (χ3v) is 4.63. The molecule has 1 aliphatic heterocycles. The summed E-state index contributed by atoms with van der Waals surface area (Å²) in [4.78, 5) is 13.5. The molecule has 0 saturated heterocycles. The highest BCUT2D eigenvalue weighted by atomic mass is 19.4. The van der Waals surface area contributed by atoms with Gasteiger partial charge in [0.25, 0.3) is 5.91 Å². The molecule has 2 N–H and O–H groups in total. The number of aliphatic hydroxyl groups is 1. The third-order valence-electron chi connectivity index (χ3n) is 4.63. The molecule has 1 aliphatic rings. The van der Waals surface area contributed by atoms with Crippen LogP contribution in [-0.4, -0.2) is 48.0 Å². The summed E-state index contributed by atoms with van der Waals surface area (Å²) in [6, 6.07) is 12.2. The molecule has 1 atom stereocenters. The van der Waals surface area contributed by atoms with Gasteiger partial charge >= 0.3 is 6.18 Å². The molecule has 1 unspecified atom stereocenters. The van der Waals surface area contributed by atoms with Crippen molar-refractivity contribution >= 4 is 11.6 Å². The Labute approximate surface area is 154 Å². The van der Waals surface area contributed by atoms with Crippen LogP contribution in [0.1, 0.15) is 15.9 Å². The molecule has 1 heterocycles. The smallest absolute Gasteiger partial charge is 0.430 e. The van der Waals surface area contributed by atoms with E-state index in [9.17, 15) is 23.1 Å². The van der Waals surface area contributed by atoms with Crippen LogP contribution >= 0.6 is 0 Å². The Kier molecular flexibility index (Phi) is 5.01. The van der Waals surface area contributed by atoms with Gasteiger partial charge in [-0.15, -0.1) is 0 Å². The molecule has 0 fully saturated rings. The molecular formula is C19H19F3N2O3. The van der Waals surface area contributed by atoms with Gasteiger partial charge < -0.3 is 20.1 Å². The van der Waals surface area contributed by atoms with E-state index in [2.05, 4.69) is 5.32 Å². The summed E-state index contributed by atoms with van der Waals surface area (Å²) in [5.41, 5.74) is -1.98. The van der Waals surface area contributed by atoms with Crippen LogP contribution in [0, 0.1) is 0 Å². The van der Waals surface area contributed by atoms with Gasteiger partial charge in [-0.05, 0) is 35.9 Å². The van der Waals surface area contributed by atoms with Gasteiger partial charge in [0.05, 0.1) is 13.7 Å². The van der Waals surface area contributed by atoms with Crippen molar-refractivity contribution in [3.05, 3.63) is 59.7 Å². The molecule has 3 rings (SSSR count). The Bertz CT molecular complexity index is 824. The average Bonchev–Trinajstić information content (AvgIpc) is 2.64. The van der Waals surface area contributed by atoms with Crippen LogP contribution in [0.4, 0.5) is 18.9 Å². The van der Waals surface area contributed by atoms with Crippen molar-refractivity contribution in [3.63, 3.8) is 0 Å². The average molecular weight is 380 g/mol. The van der Waals surface area contributed by atoms with Gasteiger partial charge in [-0.3, -0.25) is 4.79 Å². The van der Waals surface area contributed by atoms with Crippen LogP contribution in [0.5, 0.6) is 5.75 Å². The Hall–Kier alpha value is -2.74. The number of anilines is 1. The number of fused-ring (bicyclic) bond motifs is 1. The molecule has 5 nitrogen and oxygen atoms in total. The van der Waals surface area contributed by atoms with Crippen LogP contribution in [-0.2, 0) is 6.42 Å². The molecular weight excluding hydrogens is 361 g/mol. The topological polar surface area (TPSA) is 61.8 Å². The second-order valence-corrected chi connectivity index (χ2v) is 6.23. The molecule has 144 valence electrons. The summed E-state index contributed by atoms with van der Waals surface area (Å²) < 4.78 is 47.9. The standard InChI is InChI=1S/C19H19F3N2O3/c1-27-15-8-6-14(7-9-15)23-18(19(20,21)22)12-13-4-2-3-5-16(13)17(26)24(18)10-11-25/h2-9,23,25H,10-12H2,1H3. The molecule has 27 heavy (non-hydrogen) atoms. The lowest BCUT2D eigenvalue weighted by molar-refractivity contribution is -0.216. The maximum Gasteiger partial charge on any atom is 0.430 e. The van der Waals surface area contributed by atoms with Crippen LogP contribution in [0.2, 0.25) is 0 Å².